The molecular weight excluding hydrogens is 272 g/mol. The van der Waals surface area contributed by atoms with Crippen LogP contribution >= 0.6 is 11.6 Å². The lowest BCUT2D eigenvalue weighted by Crippen LogP contribution is -2.06. The van der Waals surface area contributed by atoms with E-state index in [0.29, 0.717) is 12.4 Å². The Morgan fingerprint density at radius 3 is 2.80 bits per heavy atom. The van der Waals surface area contributed by atoms with E-state index in [9.17, 15) is 0 Å². The van der Waals surface area contributed by atoms with Crippen LogP contribution in [0.2, 0.25) is 5.02 Å². The summed E-state index contributed by atoms with van der Waals surface area (Å²) in [7, 11) is 1.79. The van der Waals surface area contributed by atoms with Crippen LogP contribution in [0.1, 0.15) is 16.7 Å². The number of nitrogens with one attached hydrogen (secondary N) is 3. The third kappa shape index (κ3) is 3.08. The number of aryl methyl sites for hydroxylation is 1. The predicted octanol–water partition coefficient (Wildman–Crippen LogP) is 3.69. The molecule has 1 aromatic carbocycles. The summed E-state index contributed by atoms with van der Waals surface area (Å²) in [5.74, 6) is 0.681. The zero-order valence-electron chi connectivity index (χ0n) is 11.5. The fraction of sp³-hybridized carbons (Fsp3) is 0.200. The Kier molecular flexibility index (Phi) is 4.58. The smallest absolute Gasteiger partial charge is 0.136 e. The molecule has 0 saturated carbocycles. The Hall–Kier alpha value is -2.07. The van der Waals surface area contributed by atoms with E-state index in [1.807, 2.05) is 31.2 Å². The Labute approximate surface area is 123 Å². The first-order valence-corrected chi connectivity index (χ1v) is 6.69. The number of hydrogen-bond acceptors (Lipinski definition) is 4. The van der Waals surface area contributed by atoms with Crippen LogP contribution in [0.25, 0.3) is 0 Å². The average Bonchev–Trinajstić information content (AvgIpc) is 2.45. The number of hydrogen-bond donors (Lipinski definition) is 3. The summed E-state index contributed by atoms with van der Waals surface area (Å²) < 4.78 is 0. The molecule has 1 aromatic heterocycles. The SMILES string of the molecule is CNc1nccc(NCc2ccc(C)cc2Cl)c1C=N. The molecule has 0 aliphatic rings. The van der Waals surface area contributed by atoms with Crippen molar-refractivity contribution in [3.8, 4) is 0 Å². The number of halogens is 1. The van der Waals surface area contributed by atoms with Gasteiger partial charge in [-0.25, -0.2) is 4.98 Å². The second kappa shape index (κ2) is 6.39. The predicted molar refractivity (Wildman–Crippen MR) is 85.2 cm³/mol. The van der Waals surface area contributed by atoms with Crippen molar-refractivity contribution in [2.75, 3.05) is 17.7 Å². The van der Waals surface area contributed by atoms with Crippen LogP contribution in [0, 0.1) is 12.3 Å². The molecule has 0 saturated heterocycles. The van der Waals surface area contributed by atoms with Crippen LogP contribution in [-0.4, -0.2) is 18.2 Å². The van der Waals surface area contributed by atoms with Crippen molar-refractivity contribution in [3.63, 3.8) is 0 Å². The molecule has 0 amide bonds. The van der Waals surface area contributed by atoms with Crippen molar-refractivity contribution in [2.45, 2.75) is 13.5 Å². The summed E-state index contributed by atoms with van der Waals surface area (Å²) in [6.07, 6.45) is 3.00. The van der Waals surface area contributed by atoms with Gasteiger partial charge in [-0.2, -0.15) is 0 Å². The van der Waals surface area contributed by atoms with Crippen LogP contribution in [0.5, 0.6) is 0 Å². The van der Waals surface area contributed by atoms with Gasteiger partial charge in [-0.05, 0) is 30.2 Å². The Morgan fingerprint density at radius 2 is 2.15 bits per heavy atom. The normalized spacial score (nSPS) is 10.2. The van der Waals surface area contributed by atoms with Crippen LogP contribution in [0.4, 0.5) is 11.5 Å². The number of anilines is 2. The highest BCUT2D eigenvalue weighted by molar-refractivity contribution is 6.31. The summed E-state index contributed by atoms with van der Waals surface area (Å²) in [6, 6.07) is 7.84. The number of pyridine rings is 1. The van der Waals surface area contributed by atoms with Gasteiger partial charge >= 0.3 is 0 Å². The minimum absolute atomic E-state index is 0.604. The summed E-state index contributed by atoms with van der Waals surface area (Å²) in [6.45, 7) is 2.62. The minimum Gasteiger partial charge on any atom is -0.380 e. The highest BCUT2D eigenvalue weighted by Crippen LogP contribution is 2.22. The van der Waals surface area contributed by atoms with E-state index in [0.717, 1.165) is 27.4 Å². The lowest BCUT2D eigenvalue weighted by molar-refractivity contribution is 1.13. The van der Waals surface area contributed by atoms with Gasteiger partial charge in [-0.15, -0.1) is 0 Å². The van der Waals surface area contributed by atoms with Crippen molar-refractivity contribution in [1.82, 2.24) is 4.98 Å². The third-order valence-corrected chi connectivity index (χ3v) is 3.40. The number of rotatable bonds is 5. The van der Waals surface area contributed by atoms with Gasteiger partial charge in [0, 0.05) is 36.7 Å². The van der Waals surface area contributed by atoms with Crippen molar-refractivity contribution in [2.24, 2.45) is 0 Å². The van der Waals surface area contributed by atoms with Gasteiger partial charge in [0.15, 0.2) is 0 Å². The first kappa shape index (κ1) is 14.3. The highest BCUT2D eigenvalue weighted by Gasteiger charge is 2.07. The van der Waals surface area contributed by atoms with E-state index in [4.69, 9.17) is 17.0 Å². The maximum atomic E-state index is 7.51. The molecule has 1 heterocycles. The standard InChI is InChI=1S/C15H17ClN4/c1-10-3-4-11(13(16)7-10)9-20-14-5-6-19-15(18-2)12(14)8-17/h3-8,17H,9H2,1-2H3,(H2,18,19,20). The van der Waals surface area contributed by atoms with Crippen LogP contribution in [0.15, 0.2) is 30.5 Å². The molecule has 0 radical (unpaired) electrons. The Bertz CT molecular complexity index is 625. The van der Waals surface area contributed by atoms with E-state index in [-0.39, 0.29) is 0 Å². The van der Waals surface area contributed by atoms with E-state index in [1.165, 1.54) is 6.21 Å². The van der Waals surface area contributed by atoms with Crippen molar-refractivity contribution < 1.29 is 0 Å². The van der Waals surface area contributed by atoms with Gasteiger partial charge in [-0.1, -0.05) is 23.7 Å². The van der Waals surface area contributed by atoms with Crippen molar-refractivity contribution in [1.29, 1.82) is 5.41 Å². The highest BCUT2D eigenvalue weighted by atomic mass is 35.5. The Morgan fingerprint density at radius 1 is 1.35 bits per heavy atom. The molecule has 20 heavy (non-hydrogen) atoms. The third-order valence-electron chi connectivity index (χ3n) is 3.05. The fourth-order valence-corrected chi connectivity index (χ4v) is 2.26. The number of aromatic nitrogens is 1. The number of nitrogens with zero attached hydrogens (tertiary/aromatic N) is 1. The molecule has 0 fully saturated rings. The van der Waals surface area contributed by atoms with Gasteiger partial charge < -0.3 is 16.0 Å². The average molecular weight is 289 g/mol. The Balaban J connectivity index is 2.20. The molecule has 0 spiro atoms. The summed E-state index contributed by atoms with van der Waals surface area (Å²) in [4.78, 5) is 4.18. The number of benzene rings is 1. The first-order chi connectivity index (χ1) is 9.65. The molecule has 2 aromatic rings. The summed E-state index contributed by atoms with van der Waals surface area (Å²) in [5, 5.41) is 14.5. The molecular formula is C15H17ClN4. The second-order valence-electron chi connectivity index (χ2n) is 4.46. The van der Waals surface area contributed by atoms with Gasteiger partial charge in [0.1, 0.15) is 5.82 Å². The van der Waals surface area contributed by atoms with Crippen LogP contribution in [0.3, 0.4) is 0 Å². The maximum absolute atomic E-state index is 7.51. The fourth-order valence-electron chi connectivity index (χ4n) is 1.96. The zero-order chi connectivity index (χ0) is 14.5. The van der Waals surface area contributed by atoms with Gasteiger partial charge in [-0.3, -0.25) is 0 Å². The monoisotopic (exact) mass is 288 g/mol. The lowest BCUT2D eigenvalue weighted by Gasteiger charge is -2.13. The molecule has 0 atom stereocenters. The zero-order valence-corrected chi connectivity index (χ0v) is 12.3. The summed E-state index contributed by atoms with van der Waals surface area (Å²) >= 11 is 6.22. The quantitative estimate of drug-likeness (QED) is 0.735. The van der Waals surface area contributed by atoms with E-state index >= 15 is 0 Å². The van der Waals surface area contributed by atoms with Crippen molar-refractivity contribution in [3.05, 3.63) is 52.2 Å². The molecule has 0 aliphatic heterocycles. The largest absolute Gasteiger partial charge is 0.380 e. The molecule has 3 N–H and O–H groups in total. The van der Waals surface area contributed by atoms with Gasteiger partial charge in [0.2, 0.25) is 0 Å². The molecule has 2 rings (SSSR count). The molecule has 104 valence electrons. The van der Waals surface area contributed by atoms with E-state index < -0.39 is 0 Å². The van der Waals surface area contributed by atoms with Crippen molar-refractivity contribution >= 4 is 29.3 Å². The second-order valence-corrected chi connectivity index (χ2v) is 4.87. The van der Waals surface area contributed by atoms with Crippen LogP contribution in [-0.2, 0) is 6.54 Å². The molecule has 4 nitrogen and oxygen atoms in total. The molecule has 0 bridgehead atoms. The first-order valence-electron chi connectivity index (χ1n) is 6.32. The minimum atomic E-state index is 0.604. The topological polar surface area (TPSA) is 60.8 Å². The van der Waals surface area contributed by atoms with Gasteiger partial charge in [0.05, 0.1) is 5.56 Å². The lowest BCUT2D eigenvalue weighted by atomic mass is 10.1. The molecule has 5 heteroatoms. The molecule has 0 unspecified atom stereocenters. The van der Waals surface area contributed by atoms with Crippen LogP contribution < -0.4 is 10.6 Å². The summed E-state index contributed by atoms with van der Waals surface area (Å²) in [5.41, 5.74) is 3.76. The molecule has 0 aliphatic carbocycles. The maximum Gasteiger partial charge on any atom is 0.136 e. The van der Waals surface area contributed by atoms with E-state index in [1.54, 1.807) is 13.2 Å². The van der Waals surface area contributed by atoms with E-state index in [2.05, 4.69) is 15.6 Å². The van der Waals surface area contributed by atoms with Gasteiger partial charge in [0.25, 0.3) is 0 Å².